The maximum atomic E-state index is 12.3. The van der Waals surface area contributed by atoms with Gasteiger partial charge in [0.25, 0.3) is 0 Å². The van der Waals surface area contributed by atoms with Gasteiger partial charge in [0, 0.05) is 5.56 Å². The van der Waals surface area contributed by atoms with Crippen molar-refractivity contribution < 1.29 is 32.6 Å². The normalized spacial score (nSPS) is 12.6. The van der Waals surface area contributed by atoms with Crippen molar-refractivity contribution in [1.82, 2.24) is 0 Å². The molecule has 6 nitrogen and oxygen atoms in total. The van der Waals surface area contributed by atoms with Gasteiger partial charge in [0.15, 0.2) is 12.2 Å². The van der Waals surface area contributed by atoms with Crippen molar-refractivity contribution in [2.24, 2.45) is 0 Å². The van der Waals surface area contributed by atoms with Gasteiger partial charge in [-0.15, -0.1) is 0 Å². The Balaban J connectivity index is 1.92. The molecule has 2 aromatic carbocycles. The number of alkyl halides is 2. The maximum absolute atomic E-state index is 12.3. The first kappa shape index (κ1) is 20.8. The van der Waals surface area contributed by atoms with Gasteiger partial charge in [-0.3, -0.25) is 4.79 Å². The Bertz CT molecular complexity index is 860. The van der Waals surface area contributed by atoms with Crippen LogP contribution >= 0.6 is 0 Å². The molecule has 2 aromatic rings. The highest BCUT2D eigenvalue weighted by molar-refractivity contribution is 6.00. The fourth-order valence-corrected chi connectivity index (χ4v) is 2.22. The second-order valence-electron chi connectivity index (χ2n) is 5.74. The van der Waals surface area contributed by atoms with E-state index in [9.17, 15) is 18.4 Å². The van der Waals surface area contributed by atoms with Crippen molar-refractivity contribution in [1.29, 1.82) is 5.26 Å². The molecule has 28 heavy (non-hydrogen) atoms. The summed E-state index contributed by atoms with van der Waals surface area (Å²) in [6.07, 6.45) is -2.08. The van der Waals surface area contributed by atoms with Crippen LogP contribution in [-0.4, -0.2) is 30.6 Å². The predicted molar refractivity (Wildman–Crippen MR) is 94.2 cm³/mol. The molecule has 0 aliphatic rings. The van der Waals surface area contributed by atoms with Crippen molar-refractivity contribution >= 4 is 11.8 Å². The van der Waals surface area contributed by atoms with Gasteiger partial charge in [0.1, 0.15) is 11.5 Å². The second-order valence-corrected chi connectivity index (χ2v) is 5.74. The number of ether oxygens (including phenoxy) is 3. The van der Waals surface area contributed by atoms with Gasteiger partial charge in [-0.05, 0) is 62.4 Å². The average molecular weight is 389 g/mol. The molecule has 0 amide bonds. The molecule has 0 aliphatic heterocycles. The Morgan fingerprint density at radius 1 is 0.893 bits per heavy atom. The lowest BCUT2D eigenvalue weighted by atomic mass is 10.1. The Hall–Kier alpha value is -3.47. The van der Waals surface area contributed by atoms with E-state index < -0.39 is 30.6 Å². The molecular weight excluding hydrogens is 372 g/mol. The standard InChI is InChI=1S/C20H17F2NO5/c1-12(18(24)15-5-9-17(10-6-15)28-20(21)22)27-19(25)13(2)26-16-7-3-14(11-23)4-8-16/h3-10,12-13,20H,1-2H3/t12-,13-/m0/s1. The molecule has 2 atom stereocenters. The Labute approximate surface area is 160 Å². The van der Waals surface area contributed by atoms with Gasteiger partial charge in [0.2, 0.25) is 5.78 Å². The number of halogens is 2. The van der Waals surface area contributed by atoms with Crippen LogP contribution in [0.1, 0.15) is 29.8 Å². The number of carbonyl (C=O) groups is 2. The highest BCUT2D eigenvalue weighted by Gasteiger charge is 2.24. The summed E-state index contributed by atoms with van der Waals surface area (Å²) in [5, 5.41) is 8.76. The lowest BCUT2D eigenvalue weighted by Crippen LogP contribution is -2.32. The molecule has 0 bridgehead atoms. The van der Waals surface area contributed by atoms with Gasteiger partial charge in [-0.25, -0.2) is 4.79 Å². The summed E-state index contributed by atoms with van der Waals surface area (Å²) >= 11 is 0. The Morgan fingerprint density at radius 2 is 1.43 bits per heavy atom. The number of carbonyl (C=O) groups excluding carboxylic acids is 2. The third-order valence-corrected chi connectivity index (χ3v) is 3.65. The summed E-state index contributed by atoms with van der Waals surface area (Å²) < 4.78 is 39.1. The summed E-state index contributed by atoms with van der Waals surface area (Å²) in [5.41, 5.74) is 0.634. The Kier molecular flexibility index (Phi) is 7.04. The fraction of sp³-hybridized carbons (Fsp3) is 0.250. The zero-order valence-corrected chi connectivity index (χ0v) is 15.1. The molecule has 0 saturated carbocycles. The summed E-state index contributed by atoms with van der Waals surface area (Å²) in [7, 11) is 0. The third kappa shape index (κ3) is 5.77. The molecule has 0 aliphatic carbocycles. The summed E-state index contributed by atoms with van der Waals surface area (Å²) in [5.74, 6) is -0.955. The highest BCUT2D eigenvalue weighted by Crippen LogP contribution is 2.18. The van der Waals surface area contributed by atoms with E-state index in [1.807, 2.05) is 6.07 Å². The fourth-order valence-electron chi connectivity index (χ4n) is 2.22. The quantitative estimate of drug-likeness (QED) is 0.505. The molecule has 0 heterocycles. The van der Waals surface area contributed by atoms with E-state index in [1.54, 1.807) is 24.3 Å². The van der Waals surface area contributed by atoms with Gasteiger partial charge >= 0.3 is 12.6 Å². The number of nitrogens with zero attached hydrogens (tertiary/aromatic N) is 1. The number of hydrogen-bond acceptors (Lipinski definition) is 6. The first-order valence-electron chi connectivity index (χ1n) is 8.26. The molecule has 2 rings (SSSR count). The molecule has 0 fully saturated rings. The van der Waals surface area contributed by atoms with Crippen molar-refractivity contribution in [3.05, 3.63) is 59.7 Å². The van der Waals surface area contributed by atoms with Crippen LogP contribution < -0.4 is 9.47 Å². The van der Waals surface area contributed by atoms with Crippen molar-refractivity contribution in [3.63, 3.8) is 0 Å². The average Bonchev–Trinajstić information content (AvgIpc) is 2.68. The van der Waals surface area contributed by atoms with Crippen LogP contribution in [0.4, 0.5) is 8.78 Å². The Morgan fingerprint density at radius 3 is 1.96 bits per heavy atom. The minimum Gasteiger partial charge on any atom is -0.479 e. The van der Waals surface area contributed by atoms with E-state index in [2.05, 4.69) is 4.74 Å². The van der Waals surface area contributed by atoms with E-state index in [0.29, 0.717) is 11.3 Å². The third-order valence-electron chi connectivity index (χ3n) is 3.65. The molecule has 0 saturated heterocycles. The van der Waals surface area contributed by atoms with E-state index >= 15 is 0 Å². The molecule has 146 valence electrons. The van der Waals surface area contributed by atoms with Crippen LogP contribution in [0.15, 0.2) is 48.5 Å². The van der Waals surface area contributed by atoms with Gasteiger partial charge < -0.3 is 14.2 Å². The summed E-state index contributed by atoms with van der Waals surface area (Å²) in [6, 6.07) is 13.2. The van der Waals surface area contributed by atoms with Crippen LogP contribution in [0.5, 0.6) is 11.5 Å². The zero-order valence-electron chi connectivity index (χ0n) is 15.1. The van der Waals surface area contributed by atoms with Crippen LogP contribution in [-0.2, 0) is 9.53 Å². The van der Waals surface area contributed by atoms with E-state index in [1.165, 1.54) is 38.1 Å². The van der Waals surface area contributed by atoms with Crippen LogP contribution in [0.2, 0.25) is 0 Å². The number of rotatable bonds is 8. The molecule has 8 heteroatoms. The SMILES string of the molecule is C[C@H](Oc1ccc(C#N)cc1)C(=O)O[C@@H](C)C(=O)c1ccc(OC(F)F)cc1. The number of nitriles is 1. The lowest BCUT2D eigenvalue weighted by Gasteiger charge is -2.17. The number of hydrogen-bond donors (Lipinski definition) is 0. The second kappa shape index (κ2) is 9.46. The van der Waals surface area contributed by atoms with E-state index in [4.69, 9.17) is 14.7 Å². The number of benzene rings is 2. The zero-order chi connectivity index (χ0) is 20.7. The summed E-state index contributed by atoms with van der Waals surface area (Å²) in [4.78, 5) is 24.5. The van der Waals surface area contributed by atoms with E-state index in [-0.39, 0.29) is 11.3 Å². The van der Waals surface area contributed by atoms with Gasteiger partial charge in [-0.2, -0.15) is 14.0 Å². The lowest BCUT2D eigenvalue weighted by molar-refractivity contribution is -0.153. The van der Waals surface area contributed by atoms with E-state index in [0.717, 1.165) is 0 Å². The van der Waals surface area contributed by atoms with Crippen molar-refractivity contribution in [2.45, 2.75) is 32.7 Å². The minimum absolute atomic E-state index is 0.0827. The van der Waals surface area contributed by atoms with Crippen molar-refractivity contribution in [2.75, 3.05) is 0 Å². The minimum atomic E-state index is -2.96. The van der Waals surface area contributed by atoms with Gasteiger partial charge in [0.05, 0.1) is 11.6 Å². The first-order valence-corrected chi connectivity index (χ1v) is 8.26. The van der Waals surface area contributed by atoms with Crippen LogP contribution in [0.25, 0.3) is 0 Å². The maximum Gasteiger partial charge on any atom is 0.387 e. The van der Waals surface area contributed by atoms with Crippen molar-refractivity contribution in [3.8, 4) is 17.6 Å². The van der Waals surface area contributed by atoms with Crippen LogP contribution in [0, 0.1) is 11.3 Å². The smallest absolute Gasteiger partial charge is 0.387 e. The molecule has 0 N–H and O–H groups in total. The largest absolute Gasteiger partial charge is 0.479 e. The van der Waals surface area contributed by atoms with Gasteiger partial charge in [-0.1, -0.05) is 0 Å². The summed E-state index contributed by atoms with van der Waals surface area (Å²) in [6.45, 7) is -0.0917. The molecule has 0 unspecified atom stereocenters. The highest BCUT2D eigenvalue weighted by atomic mass is 19.3. The molecule has 0 spiro atoms. The van der Waals surface area contributed by atoms with Crippen LogP contribution in [0.3, 0.4) is 0 Å². The number of esters is 1. The number of Topliss-reactive ketones (excluding diaryl/α,β-unsaturated/α-hetero) is 1. The topological polar surface area (TPSA) is 85.6 Å². The number of ketones is 1. The monoisotopic (exact) mass is 389 g/mol. The first-order chi connectivity index (χ1) is 13.3. The predicted octanol–water partition coefficient (Wildman–Crippen LogP) is 3.74. The molecular formula is C20H17F2NO5. The molecule has 0 aromatic heterocycles. The molecule has 0 radical (unpaired) electrons.